The number of amides is 2. The Balaban J connectivity index is 1.59. The average molecular weight is 404 g/mol. The third kappa shape index (κ3) is 3.96. The second-order valence-corrected chi connectivity index (χ2v) is 8.43. The van der Waals surface area contributed by atoms with Gasteiger partial charge in [-0.3, -0.25) is 9.59 Å². The van der Waals surface area contributed by atoms with Crippen molar-refractivity contribution in [1.29, 1.82) is 0 Å². The molecule has 30 heavy (non-hydrogen) atoms. The number of anilines is 1. The van der Waals surface area contributed by atoms with Gasteiger partial charge in [0, 0.05) is 18.4 Å². The summed E-state index contributed by atoms with van der Waals surface area (Å²) in [6.45, 7) is 6.42. The minimum absolute atomic E-state index is 0.179. The first-order valence-electron chi connectivity index (χ1n) is 9.87. The van der Waals surface area contributed by atoms with Crippen molar-refractivity contribution in [2.75, 3.05) is 5.32 Å². The van der Waals surface area contributed by atoms with E-state index in [1.165, 1.54) is 6.26 Å². The predicted molar refractivity (Wildman–Crippen MR) is 112 cm³/mol. The maximum Gasteiger partial charge on any atom is 0.290 e. The summed E-state index contributed by atoms with van der Waals surface area (Å²) in [4.78, 5) is 36.4. The zero-order valence-electron chi connectivity index (χ0n) is 17.3. The molecule has 2 amide bonds. The summed E-state index contributed by atoms with van der Waals surface area (Å²) in [6, 6.07) is 10.4. The topological polar surface area (TPSA) is 88.3 Å². The van der Waals surface area contributed by atoms with Gasteiger partial charge in [0.1, 0.15) is 11.9 Å². The summed E-state index contributed by atoms with van der Waals surface area (Å²) in [5.41, 5.74) is 2.40. The SMILES string of the molecule is CC(C)(C)c1ncc(NC(=O)C2Cc3ccccc3CN2C(=O)c2ccco2)cn1. The van der Waals surface area contributed by atoms with Gasteiger partial charge >= 0.3 is 0 Å². The molecule has 0 spiro atoms. The molecule has 1 unspecified atom stereocenters. The Hall–Kier alpha value is -3.48. The number of furan rings is 1. The molecule has 0 bridgehead atoms. The predicted octanol–water partition coefficient (Wildman–Crippen LogP) is 3.57. The fourth-order valence-corrected chi connectivity index (χ4v) is 3.52. The van der Waals surface area contributed by atoms with Crippen molar-refractivity contribution < 1.29 is 14.0 Å². The first kappa shape index (κ1) is 19.8. The third-order valence-electron chi connectivity index (χ3n) is 5.13. The fraction of sp³-hybridized carbons (Fsp3) is 0.304. The zero-order chi connectivity index (χ0) is 21.3. The fourth-order valence-electron chi connectivity index (χ4n) is 3.52. The molecule has 2 aromatic heterocycles. The van der Waals surface area contributed by atoms with Gasteiger partial charge in [-0.1, -0.05) is 45.0 Å². The molecular formula is C23H24N4O3. The van der Waals surface area contributed by atoms with E-state index in [4.69, 9.17) is 4.42 Å². The monoisotopic (exact) mass is 404 g/mol. The molecule has 154 valence electrons. The van der Waals surface area contributed by atoms with Gasteiger partial charge in [-0.15, -0.1) is 0 Å². The number of aromatic nitrogens is 2. The van der Waals surface area contributed by atoms with E-state index in [0.29, 0.717) is 24.5 Å². The van der Waals surface area contributed by atoms with Crippen LogP contribution in [-0.4, -0.2) is 32.7 Å². The second-order valence-electron chi connectivity index (χ2n) is 8.43. The largest absolute Gasteiger partial charge is 0.459 e. The van der Waals surface area contributed by atoms with E-state index in [1.807, 2.05) is 45.0 Å². The highest BCUT2D eigenvalue weighted by Crippen LogP contribution is 2.26. The van der Waals surface area contributed by atoms with Crippen molar-refractivity contribution in [3.63, 3.8) is 0 Å². The molecule has 0 radical (unpaired) electrons. The molecule has 3 heterocycles. The van der Waals surface area contributed by atoms with Crippen molar-refractivity contribution in [2.45, 2.75) is 45.2 Å². The second kappa shape index (κ2) is 7.74. The van der Waals surface area contributed by atoms with Gasteiger partial charge in [0.25, 0.3) is 5.91 Å². The normalized spacial score (nSPS) is 16.1. The molecule has 0 fully saturated rings. The van der Waals surface area contributed by atoms with Gasteiger partial charge in [0.15, 0.2) is 5.76 Å². The Kier molecular flexibility index (Phi) is 5.11. The highest BCUT2D eigenvalue weighted by Gasteiger charge is 2.36. The van der Waals surface area contributed by atoms with Crippen LogP contribution < -0.4 is 5.32 Å². The van der Waals surface area contributed by atoms with E-state index in [0.717, 1.165) is 11.1 Å². The molecule has 4 rings (SSSR count). The number of nitrogens with zero attached hydrogens (tertiary/aromatic N) is 3. The molecule has 1 aliphatic rings. The number of fused-ring (bicyclic) bond motifs is 1. The Morgan fingerprint density at radius 1 is 1.07 bits per heavy atom. The van der Waals surface area contributed by atoms with Crippen LogP contribution in [0, 0.1) is 0 Å². The number of carbonyl (C=O) groups is 2. The van der Waals surface area contributed by atoms with E-state index in [1.54, 1.807) is 29.4 Å². The van der Waals surface area contributed by atoms with Crippen LogP contribution in [0.15, 0.2) is 59.5 Å². The van der Waals surface area contributed by atoms with E-state index in [9.17, 15) is 9.59 Å². The molecular weight excluding hydrogens is 380 g/mol. The van der Waals surface area contributed by atoms with Crippen molar-refractivity contribution >= 4 is 17.5 Å². The van der Waals surface area contributed by atoms with Crippen LogP contribution in [0.25, 0.3) is 0 Å². The molecule has 7 heteroatoms. The van der Waals surface area contributed by atoms with E-state index >= 15 is 0 Å². The lowest BCUT2D eigenvalue weighted by molar-refractivity contribution is -0.121. The number of rotatable bonds is 3. The summed E-state index contributed by atoms with van der Waals surface area (Å²) in [6.07, 6.45) is 5.07. The molecule has 1 atom stereocenters. The lowest BCUT2D eigenvalue weighted by atomic mass is 9.93. The molecule has 0 saturated heterocycles. The van der Waals surface area contributed by atoms with Gasteiger partial charge < -0.3 is 14.6 Å². The van der Waals surface area contributed by atoms with E-state index in [-0.39, 0.29) is 23.0 Å². The van der Waals surface area contributed by atoms with Gasteiger partial charge in [-0.25, -0.2) is 9.97 Å². The summed E-state index contributed by atoms with van der Waals surface area (Å²) in [5, 5.41) is 2.86. The molecule has 7 nitrogen and oxygen atoms in total. The standard InChI is InChI=1S/C23H24N4O3/c1-23(2,3)22-24-12-17(13-25-22)26-20(28)18-11-15-7-4-5-8-16(15)14-27(18)21(29)19-9-6-10-30-19/h4-10,12-13,18H,11,14H2,1-3H3,(H,26,28). The summed E-state index contributed by atoms with van der Waals surface area (Å²) < 4.78 is 5.28. The number of benzene rings is 1. The molecule has 1 aromatic carbocycles. The minimum Gasteiger partial charge on any atom is -0.459 e. The lowest BCUT2D eigenvalue weighted by Gasteiger charge is -2.35. The van der Waals surface area contributed by atoms with Crippen LogP contribution >= 0.6 is 0 Å². The zero-order valence-corrected chi connectivity index (χ0v) is 17.3. The van der Waals surface area contributed by atoms with Crippen molar-refractivity contribution in [1.82, 2.24) is 14.9 Å². The molecule has 0 saturated carbocycles. The Morgan fingerprint density at radius 2 is 1.77 bits per heavy atom. The van der Waals surface area contributed by atoms with Crippen molar-refractivity contribution in [2.24, 2.45) is 0 Å². The third-order valence-corrected chi connectivity index (χ3v) is 5.13. The van der Waals surface area contributed by atoms with Crippen LogP contribution in [0.4, 0.5) is 5.69 Å². The molecule has 1 aliphatic heterocycles. The smallest absolute Gasteiger partial charge is 0.290 e. The number of hydrogen-bond donors (Lipinski definition) is 1. The summed E-state index contributed by atoms with van der Waals surface area (Å²) in [5.74, 6) is 0.317. The quantitative estimate of drug-likeness (QED) is 0.721. The van der Waals surface area contributed by atoms with Gasteiger partial charge in [-0.05, 0) is 23.3 Å². The van der Waals surface area contributed by atoms with Crippen LogP contribution in [0.3, 0.4) is 0 Å². The highest BCUT2D eigenvalue weighted by atomic mass is 16.3. The van der Waals surface area contributed by atoms with Crippen molar-refractivity contribution in [3.05, 3.63) is 77.8 Å². The van der Waals surface area contributed by atoms with Crippen molar-refractivity contribution in [3.8, 4) is 0 Å². The van der Waals surface area contributed by atoms with Gasteiger partial charge in [-0.2, -0.15) is 0 Å². The number of nitrogens with one attached hydrogen (secondary N) is 1. The molecule has 3 aromatic rings. The summed E-state index contributed by atoms with van der Waals surface area (Å²) in [7, 11) is 0. The molecule has 1 N–H and O–H groups in total. The van der Waals surface area contributed by atoms with Crippen LogP contribution in [0.2, 0.25) is 0 Å². The first-order chi connectivity index (χ1) is 14.3. The maximum atomic E-state index is 13.2. The number of hydrogen-bond acceptors (Lipinski definition) is 5. The summed E-state index contributed by atoms with van der Waals surface area (Å²) >= 11 is 0. The number of carbonyl (C=O) groups excluding carboxylic acids is 2. The average Bonchev–Trinajstić information content (AvgIpc) is 3.27. The lowest BCUT2D eigenvalue weighted by Crippen LogP contribution is -2.50. The highest BCUT2D eigenvalue weighted by molar-refractivity contribution is 6.00. The Morgan fingerprint density at radius 3 is 2.40 bits per heavy atom. The van der Waals surface area contributed by atoms with Crippen LogP contribution in [-0.2, 0) is 23.2 Å². The van der Waals surface area contributed by atoms with Crippen LogP contribution in [0.1, 0.15) is 48.3 Å². The van der Waals surface area contributed by atoms with Gasteiger partial charge in [0.2, 0.25) is 5.91 Å². The molecule has 0 aliphatic carbocycles. The first-order valence-corrected chi connectivity index (χ1v) is 9.87. The van der Waals surface area contributed by atoms with Gasteiger partial charge in [0.05, 0.1) is 24.3 Å². The van der Waals surface area contributed by atoms with E-state index in [2.05, 4.69) is 15.3 Å². The Bertz CT molecular complexity index is 1050. The Labute approximate surface area is 175 Å². The van der Waals surface area contributed by atoms with E-state index < -0.39 is 6.04 Å². The minimum atomic E-state index is -0.667. The van der Waals surface area contributed by atoms with Crippen LogP contribution in [0.5, 0.6) is 0 Å². The maximum absolute atomic E-state index is 13.2.